The first-order valence-electron chi connectivity index (χ1n) is 8.75. The van der Waals surface area contributed by atoms with Crippen LogP contribution in [0.2, 0.25) is 0 Å². The predicted octanol–water partition coefficient (Wildman–Crippen LogP) is 3.58. The smallest absolute Gasteiger partial charge is 0.254 e. The minimum absolute atomic E-state index is 0.121. The second kappa shape index (κ2) is 6.90. The molecule has 1 aromatic heterocycles. The number of Topliss-reactive ketones (excluding diaryl/α,β-unsaturated/α-hetero) is 1. The summed E-state index contributed by atoms with van der Waals surface area (Å²) >= 11 is 0. The molecule has 2 aromatic carbocycles. The summed E-state index contributed by atoms with van der Waals surface area (Å²) in [5.74, 6) is -2.30. The number of amides is 1. The first kappa shape index (κ1) is 17.3. The molecule has 7 heteroatoms. The Hall–Kier alpha value is -3.09. The van der Waals surface area contributed by atoms with Crippen LogP contribution >= 0.6 is 0 Å². The van der Waals surface area contributed by atoms with E-state index in [1.54, 1.807) is 23.2 Å². The SMILES string of the molecule is O=C(c1cc(F)ccc1F)C1CCN(C(=O)c2cccc3[nH]ncc23)CC1. The fourth-order valence-corrected chi connectivity index (χ4v) is 3.58. The molecule has 1 aliphatic rings. The number of fused-ring (bicyclic) bond motifs is 1. The molecule has 1 saturated heterocycles. The number of carbonyl (C=O) groups excluding carboxylic acids is 2. The number of rotatable bonds is 3. The fraction of sp³-hybridized carbons (Fsp3) is 0.250. The second-order valence-electron chi connectivity index (χ2n) is 6.69. The van der Waals surface area contributed by atoms with E-state index in [2.05, 4.69) is 10.2 Å². The lowest BCUT2D eigenvalue weighted by molar-refractivity contribution is 0.0650. The van der Waals surface area contributed by atoms with E-state index in [1.807, 2.05) is 6.07 Å². The topological polar surface area (TPSA) is 66.1 Å². The van der Waals surface area contributed by atoms with E-state index in [-0.39, 0.29) is 11.5 Å². The summed E-state index contributed by atoms with van der Waals surface area (Å²) in [5, 5.41) is 7.56. The molecule has 1 aliphatic heterocycles. The molecule has 2 heterocycles. The van der Waals surface area contributed by atoms with Crippen LogP contribution in [0.1, 0.15) is 33.6 Å². The van der Waals surface area contributed by atoms with E-state index < -0.39 is 23.3 Å². The van der Waals surface area contributed by atoms with E-state index >= 15 is 0 Å². The van der Waals surface area contributed by atoms with Gasteiger partial charge >= 0.3 is 0 Å². The van der Waals surface area contributed by atoms with Crippen molar-refractivity contribution >= 4 is 22.6 Å². The maximum atomic E-state index is 13.9. The summed E-state index contributed by atoms with van der Waals surface area (Å²) in [5.41, 5.74) is 1.12. The first-order chi connectivity index (χ1) is 13.0. The molecule has 3 aromatic rings. The Balaban J connectivity index is 1.47. The Bertz CT molecular complexity index is 1020. The summed E-state index contributed by atoms with van der Waals surface area (Å²) in [4.78, 5) is 27.1. The zero-order valence-electron chi connectivity index (χ0n) is 14.4. The minimum atomic E-state index is -0.716. The van der Waals surface area contributed by atoms with Crippen molar-refractivity contribution in [2.24, 2.45) is 5.92 Å². The summed E-state index contributed by atoms with van der Waals surface area (Å²) < 4.78 is 27.2. The molecule has 0 bridgehead atoms. The molecule has 0 spiro atoms. The van der Waals surface area contributed by atoms with Crippen LogP contribution in [0, 0.1) is 17.6 Å². The number of hydrogen-bond donors (Lipinski definition) is 1. The highest BCUT2D eigenvalue weighted by Gasteiger charge is 2.30. The summed E-state index contributed by atoms with van der Waals surface area (Å²) in [6, 6.07) is 8.28. The van der Waals surface area contributed by atoms with Gasteiger partial charge in [-0.05, 0) is 43.2 Å². The third-order valence-corrected chi connectivity index (χ3v) is 5.06. The van der Waals surface area contributed by atoms with Gasteiger partial charge in [-0.15, -0.1) is 0 Å². The molecule has 1 fully saturated rings. The molecular weight excluding hydrogens is 352 g/mol. The number of benzene rings is 2. The zero-order valence-corrected chi connectivity index (χ0v) is 14.4. The molecule has 0 unspecified atom stereocenters. The van der Waals surface area contributed by atoms with Crippen molar-refractivity contribution in [2.75, 3.05) is 13.1 Å². The van der Waals surface area contributed by atoms with Gasteiger partial charge < -0.3 is 4.90 Å². The van der Waals surface area contributed by atoms with Gasteiger partial charge in [-0.1, -0.05) is 6.07 Å². The van der Waals surface area contributed by atoms with E-state index in [0.717, 1.165) is 29.1 Å². The average molecular weight is 369 g/mol. The highest BCUT2D eigenvalue weighted by atomic mass is 19.1. The number of carbonyl (C=O) groups is 2. The van der Waals surface area contributed by atoms with E-state index in [0.29, 0.717) is 31.5 Å². The van der Waals surface area contributed by atoms with Crippen LogP contribution in [-0.4, -0.2) is 39.9 Å². The van der Waals surface area contributed by atoms with Crippen LogP contribution in [0.4, 0.5) is 8.78 Å². The molecule has 0 aliphatic carbocycles. The Morgan fingerprint density at radius 3 is 2.63 bits per heavy atom. The van der Waals surface area contributed by atoms with E-state index in [1.165, 1.54) is 0 Å². The molecule has 138 valence electrons. The number of ketones is 1. The van der Waals surface area contributed by atoms with Crippen LogP contribution in [-0.2, 0) is 0 Å². The summed E-state index contributed by atoms with van der Waals surface area (Å²) in [7, 11) is 0. The molecule has 27 heavy (non-hydrogen) atoms. The van der Waals surface area contributed by atoms with Crippen molar-refractivity contribution < 1.29 is 18.4 Å². The second-order valence-corrected chi connectivity index (χ2v) is 6.69. The molecule has 5 nitrogen and oxygen atoms in total. The highest BCUT2D eigenvalue weighted by molar-refractivity contribution is 6.06. The van der Waals surface area contributed by atoms with Crippen LogP contribution < -0.4 is 0 Å². The van der Waals surface area contributed by atoms with Gasteiger partial charge in [0.1, 0.15) is 11.6 Å². The maximum Gasteiger partial charge on any atom is 0.254 e. The predicted molar refractivity (Wildman–Crippen MR) is 95.4 cm³/mol. The number of piperidine rings is 1. The first-order valence-corrected chi connectivity index (χ1v) is 8.75. The van der Waals surface area contributed by atoms with Crippen molar-refractivity contribution in [3.05, 3.63) is 65.4 Å². The lowest BCUT2D eigenvalue weighted by atomic mass is 9.88. The quantitative estimate of drug-likeness (QED) is 0.718. The van der Waals surface area contributed by atoms with Gasteiger partial charge in [0, 0.05) is 24.4 Å². The molecule has 0 radical (unpaired) electrons. The standard InChI is InChI=1S/C20H17F2N3O2/c21-13-4-5-17(22)15(10-13)19(26)12-6-8-25(9-7-12)20(27)14-2-1-3-18-16(14)11-23-24-18/h1-5,10-12H,6-9H2,(H,23,24). The van der Waals surface area contributed by atoms with Gasteiger partial charge in [0.05, 0.1) is 22.8 Å². The minimum Gasteiger partial charge on any atom is -0.339 e. The van der Waals surface area contributed by atoms with Gasteiger partial charge in [0.25, 0.3) is 5.91 Å². The van der Waals surface area contributed by atoms with Gasteiger partial charge in [-0.3, -0.25) is 14.7 Å². The number of likely N-dealkylation sites (tertiary alicyclic amines) is 1. The third-order valence-electron chi connectivity index (χ3n) is 5.06. The molecular formula is C20H17F2N3O2. The number of H-pyrrole nitrogens is 1. The highest BCUT2D eigenvalue weighted by Crippen LogP contribution is 2.26. The van der Waals surface area contributed by atoms with Crippen molar-refractivity contribution in [1.29, 1.82) is 0 Å². The lowest BCUT2D eigenvalue weighted by Crippen LogP contribution is -2.40. The van der Waals surface area contributed by atoms with Crippen LogP contribution in [0.3, 0.4) is 0 Å². The average Bonchev–Trinajstić information content (AvgIpc) is 3.18. The lowest BCUT2D eigenvalue weighted by Gasteiger charge is -2.31. The number of halogens is 2. The molecule has 1 N–H and O–H groups in total. The number of aromatic amines is 1. The number of hydrogen-bond acceptors (Lipinski definition) is 3. The van der Waals surface area contributed by atoms with Crippen molar-refractivity contribution in [3.63, 3.8) is 0 Å². The van der Waals surface area contributed by atoms with Crippen molar-refractivity contribution in [1.82, 2.24) is 15.1 Å². The Morgan fingerprint density at radius 1 is 1.07 bits per heavy atom. The van der Waals surface area contributed by atoms with Crippen molar-refractivity contribution in [2.45, 2.75) is 12.8 Å². The molecule has 1 amide bonds. The van der Waals surface area contributed by atoms with Crippen LogP contribution in [0.25, 0.3) is 10.9 Å². The van der Waals surface area contributed by atoms with Crippen molar-refractivity contribution in [3.8, 4) is 0 Å². The Morgan fingerprint density at radius 2 is 1.85 bits per heavy atom. The number of nitrogens with one attached hydrogen (secondary N) is 1. The summed E-state index contributed by atoms with van der Waals surface area (Å²) in [6.07, 6.45) is 2.45. The van der Waals surface area contributed by atoms with Gasteiger partial charge in [0.2, 0.25) is 0 Å². The van der Waals surface area contributed by atoms with Gasteiger partial charge in [0.15, 0.2) is 5.78 Å². The third kappa shape index (κ3) is 3.20. The Labute approximate surface area is 154 Å². The largest absolute Gasteiger partial charge is 0.339 e. The molecule has 0 atom stereocenters. The van der Waals surface area contributed by atoms with Crippen LogP contribution in [0.15, 0.2) is 42.6 Å². The zero-order chi connectivity index (χ0) is 19.0. The normalized spacial score (nSPS) is 15.3. The maximum absolute atomic E-state index is 13.9. The molecule has 4 rings (SSSR count). The van der Waals surface area contributed by atoms with Crippen LogP contribution in [0.5, 0.6) is 0 Å². The fourth-order valence-electron chi connectivity index (χ4n) is 3.58. The molecule has 0 saturated carbocycles. The van der Waals surface area contributed by atoms with E-state index in [9.17, 15) is 18.4 Å². The Kier molecular flexibility index (Phi) is 4.43. The summed E-state index contributed by atoms with van der Waals surface area (Å²) in [6.45, 7) is 0.779. The monoisotopic (exact) mass is 369 g/mol. The number of aromatic nitrogens is 2. The van der Waals surface area contributed by atoms with Gasteiger partial charge in [-0.25, -0.2) is 8.78 Å². The number of nitrogens with zero attached hydrogens (tertiary/aromatic N) is 2. The van der Waals surface area contributed by atoms with E-state index in [4.69, 9.17) is 0 Å². The van der Waals surface area contributed by atoms with Gasteiger partial charge in [-0.2, -0.15) is 5.10 Å².